The summed E-state index contributed by atoms with van der Waals surface area (Å²) in [6.07, 6.45) is 2.40. The lowest BCUT2D eigenvalue weighted by Crippen LogP contribution is -2.54. The third kappa shape index (κ3) is 3.49. The Morgan fingerprint density at radius 2 is 2.03 bits per heavy atom. The van der Waals surface area contributed by atoms with Gasteiger partial charge in [0.25, 0.3) is 0 Å². The molecular weight excluding hydrogens is 426 g/mol. The number of hydrogen-bond donors (Lipinski definition) is 1. The molecule has 8 atom stereocenters. The number of aliphatic hydroxyl groups is 1. The average molecular weight is 457 g/mol. The highest BCUT2D eigenvalue weighted by Gasteiger charge is 2.62. The van der Waals surface area contributed by atoms with E-state index in [4.69, 9.17) is 16.3 Å². The Morgan fingerprint density at radius 3 is 2.68 bits per heavy atom. The van der Waals surface area contributed by atoms with Crippen molar-refractivity contribution < 1.29 is 28.2 Å². The number of ketones is 1. The molecule has 1 N–H and O–H groups in total. The highest BCUT2D eigenvalue weighted by molar-refractivity contribution is 6.25. The number of ether oxygens (including phenoxy) is 1. The highest BCUT2D eigenvalue weighted by atomic mass is 35.5. The first kappa shape index (κ1) is 22.9. The molecule has 3 fully saturated rings. The molecular formula is C24H31ClF2O4. The van der Waals surface area contributed by atoms with E-state index in [1.807, 2.05) is 6.92 Å². The molecule has 0 aromatic carbocycles. The van der Waals surface area contributed by atoms with Crippen LogP contribution in [0.1, 0.15) is 59.3 Å². The number of halogens is 3. The third-order valence-corrected chi connectivity index (χ3v) is 8.86. The van der Waals surface area contributed by atoms with Gasteiger partial charge in [-0.25, -0.2) is 8.78 Å². The van der Waals surface area contributed by atoms with Crippen LogP contribution in [0.3, 0.4) is 0 Å². The predicted octanol–water partition coefficient (Wildman–Crippen LogP) is 4.83. The largest absolute Gasteiger partial charge is 0.462 e. The van der Waals surface area contributed by atoms with Gasteiger partial charge in [0, 0.05) is 22.0 Å². The van der Waals surface area contributed by atoms with E-state index in [1.165, 1.54) is 0 Å². The van der Waals surface area contributed by atoms with Crippen LogP contribution < -0.4 is 0 Å². The number of carbonyl (C=O) groups excluding carboxylic acids is 2. The summed E-state index contributed by atoms with van der Waals surface area (Å²) in [6, 6.07) is 0. The lowest BCUT2D eigenvalue weighted by molar-refractivity contribution is -0.161. The molecule has 4 rings (SSSR count). The van der Waals surface area contributed by atoms with Gasteiger partial charge in [-0.3, -0.25) is 9.59 Å². The van der Waals surface area contributed by atoms with E-state index < -0.39 is 35.3 Å². The van der Waals surface area contributed by atoms with Crippen molar-refractivity contribution >= 4 is 23.4 Å². The summed E-state index contributed by atoms with van der Waals surface area (Å²) < 4.78 is 36.1. The maximum absolute atomic E-state index is 15.4. The van der Waals surface area contributed by atoms with Gasteiger partial charge >= 0.3 is 5.97 Å². The second-order valence-electron chi connectivity index (χ2n) is 10.4. The van der Waals surface area contributed by atoms with Crippen molar-refractivity contribution in [2.24, 2.45) is 28.6 Å². The Labute approximate surface area is 187 Å². The molecule has 4 aliphatic carbocycles. The first-order valence-corrected chi connectivity index (χ1v) is 11.8. The van der Waals surface area contributed by atoms with Gasteiger partial charge in [0.15, 0.2) is 5.83 Å². The van der Waals surface area contributed by atoms with E-state index in [-0.39, 0.29) is 59.1 Å². The van der Waals surface area contributed by atoms with Gasteiger partial charge < -0.3 is 9.84 Å². The van der Waals surface area contributed by atoms with Crippen molar-refractivity contribution in [3.8, 4) is 0 Å². The normalized spacial score (nSPS) is 43.0. The van der Waals surface area contributed by atoms with Gasteiger partial charge in [-0.15, -0.1) is 11.6 Å². The summed E-state index contributed by atoms with van der Waals surface area (Å²) in [5.74, 6) is -2.07. The minimum Gasteiger partial charge on any atom is -0.462 e. The van der Waals surface area contributed by atoms with Crippen molar-refractivity contribution in [1.29, 1.82) is 0 Å². The summed E-state index contributed by atoms with van der Waals surface area (Å²) >= 11 is 5.92. The molecule has 172 valence electrons. The number of allylic oxidation sites excluding steroid dienone is 4. The first-order chi connectivity index (χ1) is 14.5. The fourth-order valence-corrected chi connectivity index (χ4v) is 7.40. The Morgan fingerprint density at radius 1 is 1.32 bits per heavy atom. The van der Waals surface area contributed by atoms with E-state index >= 15 is 4.39 Å². The highest BCUT2D eigenvalue weighted by Crippen LogP contribution is 2.66. The summed E-state index contributed by atoms with van der Waals surface area (Å²) in [5.41, 5.74) is -0.931. The molecule has 0 aromatic rings. The van der Waals surface area contributed by atoms with Crippen LogP contribution in [-0.2, 0) is 14.3 Å². The molecule has 0 radical (unpaired) electrons. The topological polar surface area (TPSA) is 63.6 Å². The summed E-state index contributed by atoms with van der Waals surface area (Å²) in [5, 5.41) is 9.48. The van der Waals surface area contributed by atoms with E-state index in [2.05, 4.69) is 6.92 Å². The molecule has 0 heterocycles. The second-order valence-corrected chi connectivity index (χ2v) is 10.6. The minimum absolute atomic E-state index is 0.00544. The Kier molecular flexibility index (Phi) is 5.87. The summed E-state index contributed by atoms with van der Waals surface area (Å²) in [6.45, 7) is 5.52. The quantitative estimate of drug-likeness (QED) is 0.486. The number of rotatable bonds is 4. The van der Waals surface area contributed by atoms with Crippen molar-refractivity contribution in [3.05, 3.63) is 23.0 Å². The van der Waals surface area contributed by atoms with Crippen LogP contribution in [0.4, 0.5) is 8.78 Å². The van der Waals surface area contributed by atoms with Gasteiger partial charge in [0.2, 0.25) is 5.78 Å². The zero-order chi connectivity index (χ0) is 22.7. The molecule has 0 spiro atoms. The van der Waals surface area contributed by atoms with E-state index in [0.29, 0.717) is 6.42 Å². The first-order valence-electron chi connectivity index (χ1n) is 11.3. The van der Waals surface area contributed by atoms with Gasteiger partial charge in [-0.1, -0.05) is 19.9 Å². The molecule has 0 saturated heterocycles. The molecule has 4 aliphatic rings. The number of aliphatic hydroxyl groups excluding tert-OH is 1. The number of fused-ring (bicyclic) bond motifs is 5. The molecule has 31 heavy (non-hydrogen) atoms. The molecule has 0 aromatic heterocycles. The number of alkyl halides is 2. The van der Waals surface area contributed by atoms with Crippen LogP contribution in [0.5, 0.6) is 0 Å². The fourth-order valence-electron chi connectivity index (χ4n) is 7.20. The lowest BCUT2D eigenvalue weighted by Gasteiger charge is -2.57. The number of esters is 1. The predicted molar refractivity (Wildman–Crippen MR) is 113 cm³/mol. The standard InChI is InChI=1S/C24H31ClF2O4/c1-12(28)8-19(29)31-18-5-4-15-14-9-17(26)20-21(27)22(30)13(11-25)10-24(20,3)16(14)6-7-23(15,18)2/h10,12,14-18,28H,4-9,11H2,1-3H3/t12?,14-,15-,16-,17-,18?,23-,24+/m0/s1. The second kappa shape index (κ2) is 7.95. The van der Waals surface area contributed by atoms with E-state index in [9.17, 15) is 19.1 Å². The SMILES string of the molecule is CC(O)CC(=O)OC1CC[C@H]2[C@@H]3C[C@H](F)C4=C(F)C(=O)C(CCl)=C[C@]4(C)[C@H]3CC[C@]12C. The lowest BCUT2D eigenvalue weighted by atomic mass is 9.47. The minimum atomic E-state index is -1.51. The van der Waals surface area contributed by atoms with Gasteiger partial charge in [-0.05, 0) is 56.8 Å². The van der Waals surface area contributed by atoms with Crippen molar-refractivity contribution in [1.82, 2.24) is 0 Å². The summed E-state index contributed by atoms with van der Waals surface area (Å²) in [7, 11) is 0. The Balaban J connectivity index is 1.64. The fraction of sp³-hybridized carbons (Fsp3) is 0.750. The zero-order valence-corrected chi connectivity index (χ0v) is 19.1. The molecule has 4 nitrogen and oxygen atoms in total. The van der Waals surface area contributed by atoms with Crippen molar-refractivity contribution in [3.63, 3.8) is 0 Å². The number of carbonyl (C=O) groups is 2. The van der Waals surface area contributed by atoms with Crippen LogP contribution >= 0.6 is 11.6 Å². The Hall–Kier alpha value is -1.27. The van der Waals surface area contributed by atoms with Crippen molar-refractivity contribution in [2.75, 3.05) is 5.88 Å². The molecule has 7 heteroatoms. The third-order valence-electron chi connectivity index (χ3n) is 8.57. The van der Waals surface area contributed by atoms with Crippen LogP contribution in [-0.4, -0.2) is 41.1 Å². The maximum Gasteiger partial charge on any atom is 0.308 e. The molecule has 0 aliphatic heterocycles. The molecule has 3 saturated carbocycles. The monoisotopic (exact) mass is 456 g/mol. The molecule has 0 bridgehead atoms. The summed E-state index contributed by atoms with van der Waals surface area (Å²) in [4.78, 5) is 24.5. The number of hydrogen-bond acceptors (Lipinski definition) is 4. The van der Waals surface area contributed by atoms with Gasteiger partial charge in [-0.2, -0.15) is 0 Å². The van der Waals surface area contributed by atoms with Crippen molar-refractivity contribution in [2.45, 2.75) is 77.7 Å². The van der Waals surface area contributed by atoms with E-state index in [1.54, 1.807) is 13.0 Å². The van der Waals surface area contributed by atoms with Crippen LogP contribution in [0.25, 0.3) is 0 Å². The van der Waals surface area contributed by atoms with Gasteiger partial charge in [0.1, 0.15) is 12.3 Å². The average Bonchev–Trinajstić information content (AvgIpc) is 3.00. The van der Waals surface area contributed by atoms with E-state index in [0.717, 1.165) is 19.3 Å². The zero-order valence-electron chi connectivity index (χ0n) is 18.3. The molecule has 0 amide bonds. The maximum atomic E-state index is 15.4. The Bertz CT molecular complexity index is 853. The van der Waals surface area contributed by atoms with Crippen LogP contribution in [0.15, 0.2) is 23.0 Å². The van der Waals surface area contributed by atoms with Crippen LogP contribution in [0, 0.1) is 28.6 Å². The number of Topliss-reactive ketones (excluding diaryl/α,β-unsaturated/α-hetero) is 1. The van der Waals surface area contributed by atoms with Gasteiger partial charge in [0.05, 0.1) is 18.4 Å². The smallest absolute Gasteiger partial charge is 0.308 e. The molecule has 2 unspecified atom stereocenters. The van der Waals surface area contributed by atoms with Crippen LogP contribution in [0.2, 0.25) is 0 Å².